The third kappa shape index (κ3) is 3.51. The molecule has 0 N–H and O–H groups in total. The van der Waals surface area contributed by atoms with Gasteiger partial charge in [0, 0.05) is 25.2 Å². The predicted octanol–water partition coefficient (Wildman–Crippen LogP) is 3.45. The predicted molar refractivity (Wildman–Crippen MR) is 104 cm³/mol. The molecule has 2 aliphatic rings. The Labute approximate surface area is 160 Å². The van der Waals surface area contributed by atoms with Gasteiger partial charge in [0.25, 0.3) is 5.91 Å². The number of carbonyl (C=O) groups is 1. The molecule has 2 aromatic rings. The van der Waals surface area contributed by atoms with Crippen molar-refractivity contribution >= 4 is 15.9 Å². The first-order chi connectivity index (χ1) is 13.1. The monoisotopic (exact) mass is 384 g/mol. The van der Waals surface area contributed by atoms with E-state index in [0.29, 0.717) is 25.2 Å². The summed E-state index contributed by atoms with van der Waals surface area (Å²) in [6, 6.07) is 16.6. The molecule has 5 nitrogen and oxygen atoms in total. The topological polar surface area (TPSA) is 57.7 Å². The lowest BCUT2D eigenvalue weighted by atomic mass is 10.0. The van der Waals surface area contributed by atoms with E-state index in [1.165, 1.54) is 10.4 Å². The van der Waals surface area contributed by atoms with Crippen molar-refractivity contribution in [2.24, 2.45) is 0 Å². The van der Waals surface area contributed by atoms with E-state index in [1.807, 2.05) is 35.2 Å². The quantitative estimate of drug-likeness (QED) is 0.811. The highest BCUT2D eigenvalue weighted by molar-refractivity contribution is 7.89. The van der Waals surface area contributed by atoms with Gasteiger partial charge in [0.15, 0.2) is 0 Å². The molecule has 27 heavy (non-hydrogen) atoms. The summed E-state index contributed by atoms with van der Waals surface area (Å²) in [5, 5.41) is 0. The zero-order valence-electron chi connectivity index (χ0n) is 15.3. The van der Waals surface area contributed by atoms with E-state index in [1.54, 1.807) is 18.2 Å². The van der Waals surface area contributed by atoms with Crippen LogP contribution in [0, 0.1) is 0 Å². The first-order valence-corrected chi connectivity index (χ1v) is 11.0. The summed E-state index contributed by atoms with van der Waals surface area (Å²) in [7, 11) is -3.52. The van der Waals surface area contributed by atoms with Crippen molar-refractivity contribution in [3.8, 4) is 0 Å². The maximum Gasteiger partial charge on any atom is 0.254 e. The maximum absolute atomic E-state index is 13.1. The summed E-state index contributed by atoms with van der Waals surface area (Å²) < 4.78 is 27.1. The fraction of sp³-hybridized carbons (Fsp3) is 0.381. The highest BCUT2D eigenvalue weighted by Crippen LogP contribution is 2.33. The molecule has 0 radical (unpaired) electrons. The van der Waals surface area contributed by atoms with Crippen LogP contribution in [0.2, 0.25) is 0 Å². The van der Waals surface area contributed by atoms with Crippen LogP contribution in [0.5, 0.6) is 0 Å². The molecule has 1 atom stereocenters. The zero-order chi connectivity index (χ0) is 18.9. The standard InChI is InChI=1S/C21H24N2O3S/c24-21(23-15-7-12-20(23)17-8-2-1-3-9-17)18-10-6-11-19(16-18)27(25,26)22-13-4-5-14-22/h1-3,6,8-11,16,20H,4-5,7,12-15H2/t20-/m1/s1. The van der Waals surface area contributed by atoms with Gasteiger partial charge >= 0.3 is 0 Å². The lowest BCUT2D eigenvalue weighted by molar-refractivity contribution is 0.0735. The normalized spacial score (nSPS) is 20.9. The van der Waals surface area contributed by atoms with E-state index in [0.717, 1.165) is 31.2 Å². The number of benzene rings is 2. The average Bonchev–Trinajstić information content (AvgIpc) is 3.40. The largest absolute Gasteiger partial charge is 0.332 e. The van der Waals surface area contributed by atoms with Crippen molar-refractivity contribution in [3.63, 3.8) is 0 Å². The lowest BCUT2D eigenvalue weighted by Gasteiger charge is -2.25. The molecule has 2 saturated heterocycles. The molecule has 0 bridgehead atoms. The summed E-state index contributed by atoms with van der Waals surface area (Å²) in [6.45, 7) is 1.81. The van der Waals surface area contributed by atoms with Crippen molar-refractivity contribution in [2.45, 2.75) is 36.6 Å². The first kappa shape index (κ1) is 18.2. The molecule has 0 spiro atoms. The van der Waals surface area contributed by atoms with Crippen molar-refractivity contribution < 1.29 is 13.2 Å². The molecular weight excluding hydrogens is 360 g/mol. The second kappa shape index (κ2) is 7.44. The number of rotatable bonds is 4. The number of carbonyl (C=O) groups excluding carboxylic acids is 1. The molecule has 6 heteroatoms. The summed E-state index contributed by atoms with van der Waals surface area (Å²) in [4.78, 5) is 15.2. The van der Waals surface area contributed by atoms with E-state index < -0.39 is 10.0 Å². The molecule has 2 aromatic carbocycles. The summed E-state index contributed by atoms with van der Waals surface area (Å²) >= 11 is 0. The van der Waals surface area contributed by atoms with Gasteiger partial charge in [-0.15, -0.1) is 0 Å². The van der Waals surface area contributed by atoms with Crippen LogP contribution in [0.3, 0.4) is 0 Å². The number of amides is 1. The molecule has 4 rings (SSSR count). The van der Waals surface area contributed by atoms with Gasteiger partial charge in [0.05, 0.1) is 10.9 Å². The van der Waals surface area contributed by atoms with Crippen molar-refractivity contribution in [3.05, 3.63) is 65.7 Å². The molecule has 2 fully saturated rings. The Bertz CT molecular complexity index is 921. The van der Waals surface area contributed by atoms with Gasteiger partial charge in [-0.25, -0.2) is 8.42 Å². The summed E-state index contributed by atoms with van der Waals surface area (Å²) in [5.74, 6) is -0.0974. The van der Waals surface area contributed by atoms with Crippen molar-refractivity contribution in [1.82, 2.24) is 9.21 Å². The van der Waals surface area contributed by atoms with Gasteiger partial charge in [-0.3, -0.25) is 4.79 Å². The molecule has 0 unspecified atom stereocenters. The van der Waals surface area contributed by atoms with E-state index in [-0.39, 0.29) is 16.8 Å². The fourth-order valence-corrected chi connectivity index (χ4v) is 5.63. The van der Waals surface area contributed by atoms with Crippen LogP contribution in [-0.2, 0) is 10.0 Å². The third-order valence-corrected chi connectivity index (χ3v) is 7.38. The molecule has 1 amide bonds. The minimum absolute atomic E-state index is 0.0533. The number of nitrogens with zero attached hydrogens (tertiary/aromatic N) is 2. The fourth-order valence-electron chi connectivity index (χ4n) is 4.06. The van der Waals surface area contributed by atoms with Gasteiger partial charge in [0.1, 0.15) is 0 Å². The molecular formula is C21H24N2O3S. The zero-order valence-corrected chi connectivity index (χ0v) is 16.1. The van der Waals surface area contributed by atoms with E-state index in [2.05, 4.69) is 0 Å². The van der Waals surface area contributed by atoms with Crippen LogP contribution in [0.4, 0.5) is 0 Å². The van der Waals surface area contributed by atoms with Crippen LogP contribution in [0.15, 0.2) is 59.5 Å². The smallest absolute Gasteiger partial charge is 0.254 e. The second-order valence-electron chi connectivity index (χ2n) is 7.21. The van der Waals surface area contributed by atoms with Crippen LogP contribution in [0.25, 0.3) is 0 Å². The van der Waals surface area contributed by atoms with Crippen molar-refractivity contribution in [1.29, 1.82) is 0 Å². The molecule has 0 aromatic heterocycles. The Morgan fingerprint density at radius 2 is 1.63 bits per heavy atom. The summed E-state index contributed by atoms with van der Waals surface area (Å²) in [5.41, 5.74) is 1.57. The molecule has 2 heterocycles. The Morgan fingerprint density at radius 1 is 0.889 bits per heavy atom. The van der Waals surface area contributed by atoms with E-state index in [4.69, 9.17) is 0 Å². The Kier molecular flexibility index (Phi) is 5.02. The lowest BCUT2D eigenvalue weighted by Crippen LogP contribution is -2.31. The number of likely N-dealkylation sites (tertiary alicyclic amines) is 1. The van der Waals surface area contributed by atoms with Gasteiger partial charge in [-0.1, -0.05) is 36.4 Å². The van der Waals surface area contributed by atoms with E-state index >= 15 is 0 Å². The molecule has 2 aliphatic heterocycles. The third-order valence-electron chi connectivity index (χ3n) is 5.48. The van der Waals surface area contributed by atoms with Gasteiger partial charge in [0.2, 0.25) is 10.0 Å². The van der Waals surface area contributed by atoms with Crippen LogP contribution < -0.4 is 0 Å². The molecule has 0 aliphatic carbocycles. The molecule has 0 saturated carbocycles. The van der Waals surface area contributed by atoms with Gasteiger partial charge < -0.3 is 4.90 Å². The minimum atomic E-state index is -3.52. The van der Waals surface area contributed by atoms with Crippen LogP contribution >= 0.6 is 0 Å². The first-order valence-electron chi connectivity index (χ1n) is 9.53. The Hall–Kier alpha value is -2.18. The van der Waals surface area contributed by atoms with Crippen molar-refractivity contribution in [2.75, 3.05) is 19.6 Å². The Morgan fingerprint density at radius 3 is 2.37 bits per heavy atom. The van der Waals surface area contributed by atoms with Gasteiger partial charge in [-0.2, -0.15) is 4.31 Å². The minimum Gasteiger partial charge on any atom is -0.332 e. The number of hydrogen-bond acceptors (Lipinski definition) is 3. The van der Waals surface area contributed by atoms with E-state index in [9.17, 15) is 13.2 Å². The highest BCUT2D eigenvalue weighted by Gasteiger charge is 2.32. The Balaban J connectivity index is 1.61. The maximum atomic E-state index is 13.1. The van der Waals surface area contributed by atoms with Crippen LogP contribution in [-0.4, -0.2) is 43.2 Å². The highest BCUT2D eigenvalue weighted by atomic mass is 32.2. The number of sulfonamides is 1. The van der Waals surface area contributed by atoms with Crippen LogP contribution in [0.1, 0.15) is 47.6 Å². The second-order valence-corrected chi connectivity index (χ2v) is 9.14. The van der Waals surface area contributed by atoms with Gasteiger partial charge in [-0.05, 0) is 49.4 Å². The number of hydrogen-bond donors (Lipinski definition) is 0. The average molecular weight is 385 g/mol. The summed E-state index contributed by atoms with van der Waals surface area (Å²) in [6.07, 6.45) is 3.67. The SMILES string of the molecule is O=C(c1cccc(S(=O)(=O)N2CCCC2)c1)N1CCC[C@@H]1c1ccccc1. The molecule has 142 valence electrons.